The molecule has 45 heavy (non-hydrogen) atoms. The van der Waals surface area contributed by atoms with Gasteiger partial charge in [-0.05, 0) is 93.0 Å². The van der Waals surface area contributed by atoms with Crippen LogP contribution in [0.15, 0.2) is 85.5 Å². The maximum Gasteiger partial charge on any atom is 0.0346 e. The van der Waals surface area contributed by atoms with Gasteiger partial charge in [-0.25, -0.2) is 0 Å². The number of rotatable bonds is 7. The molecule has 4 heterocycles. The smallest absolute Gasteiger partial charge is 0.0346 e. The molecule has 2 aromatic heterocycles. The van der Waals surface area contributed by atoms with E-state index in [0.717, 1.165) is 26.2 Å². The Labute approximate surface area is 272 Å². The Morgan fingerprint density at radius 3 is 1.82 bits per heavy atom. The quantitative estimate of drug-likeness (QED) is 0.225. The molecule has 0 bridgehead atoms. The van der Waals surface area contributed by atoms with E-state index in [2.05, 4.69) is 125 Å². The van der Waals surface area contributed by atoms with Crippen molar-refractivity contribution >= 4 is 0 Å². The van der Waals surface area contributed by atoms with Gasteiger partial charge in [0.15, 0.2) is 0 Å². The number of pyridine rings is 2. The fourth-order valence-corrected chi connectivity index (χ4v) is 5.98. The van der Waals surface area contributed by atoms with Gasteiger partial charge in [0.2, 0.25) is 0 Å². The van der Waals surface area contributed by atoms with Crippen LogP contribution in [0.4, 0.5) is 0 Å². The summed E-state index contributed by atoms with van der Waals surface area (Å²) in [5.74, 6) is 0. The first-order chi connectivity index (χ1) is 21.8. The summed E-state index contributed by atoms with van der Waals surface area (Å²) in [5.41, 5.74) is 10.1. The lowest BCUT2D eigenvalue weighted by Gasteiger charge is -2.32. The number of aryl methyl sites for hydroxylation is 2. The molecule has 2 aromatic carbocycles. The van der Waals surface area contributed by atoms with E-state index in [-0.39, 0.29) is 0 Å². The molecule has 0 N–H and O–H groups in total. The summed E-state index contributed by atoms with van der Waals surface area (Å²) in [7, 11) is 6.56. The van der Waals surface area contributed by atoms with Crippen LogP contribution in [0.25, 0.3) is 22.3 Å². The molecule has 240 valence electrons. The number of benzene rings is 2. The Bertz CT molecular complexity index is 1440. The third kappa shape index (κ3) is 10.6. The molecule has 1 unspecified atom stereocenters. The molecule has 0 spiro atoms. The first-order valence-corrected chi connectivity index (χ1v) is 16.6. The van der Waals surface area contributed by atoms with E-state index in [1.54, 1.807) is 0 Å². The van der Waals surface area contributed by atoms with Crippen LogP contribution in [-0.2, 0) is 13.1 Å². The van der Waals surface area contributed by atoms with Crippen LogP contribution in [0.3, 0.4) is 0 Å². The topological polar surface area (TPSA) is 38.7 Å². The standard InChI is InChI=1S/C19H25N3.C18H23N3.C2H6/c1-15-10-18(12-20-11-15)17-6-4-16(5-7-17)13-22-9-8-19(14-22)21(2)3;1-15-10-18(13-19-12-15)17-5-3-4-16(11-17)14-21-8-6-20(2)7-9-21;1-2/h4-7,10-12,19H,8-9,13-14H2,1-3H3;3-5,10-13H,6-9,14H2,1-2H3;1-2H3. The van der Waals surface area contributed by atoms with Crippen molar-refractivity contribution in [3.8, 4) is 22.3 Å². The zero-order chi connectivity index (χ0) is 32.2. The van der Waals surface area contributed by atoms with Crippen molar-refractivity contribution in [3.05, 3.63) is 108 Å². The summed E-state index contributed by atoms with van der Waals surface area (Å²) in [4.78, 5) is 18.4. The van der Waals surface area contributed by atoms with Crippen LogP contribution >= 0.6 is 0 Å². The maximum atomic E-state index is 4.30. The summed E-state index contributed by atoms with van der Waals surface area (Å²) < 4.78 is 0. The predicted molar refractivity (Wildman–Crippen MR) is 190 cm³/mol. The Kier molecular flexibility index (Phi) is 13.3. The van der Waals surface area contributed by atoms with E-state index in [1.165, 1.54) is 77.1 Å². The molecule has 2 aliphatic rings. The van der Waals surface area contributed by atoms with Gasteiger partial charge >= 0.3 is 0 Å². The molecule has 6 rings (SSSR count). The number of likely N-dealkylation sites (N-methyl/N-ethyl adjacent to an activating group) is 2. The van der Waals surface area contributed by atoms with E-state index in [1.807, 2.05) is 38.6 Å². The Balaban J connectivity index is 0.000000194. The van der Waals surface area contributed by atoms with E-state index < -0.39 is 0 Å². The monoisotopic (exact) mass is 606 g/mol. The number of aromatic nitrogens is 2. The second-order valence-electron chi connectivity index (χ2n) is 12.6. The molecule has 2 saturated heterocycles. The van der Waals surface area contributed by atoms with Crippen molar-refractivity contribution in [2.45, 2.75) is 53.2 Å². The number of hydrogen-bond acceptors (Lipinski definition) is 6. The molecular formula is C39H54N6. The van der Waals surface area contributed by atoms with E-state index in [4.69, 9.17) is 0 Å². The van der Waals surface area contributed by atoms with Crippen molar-refractivity contribution in [3.63, 3.8) is 0 Å². The fourth-order valence-electron chi connectivity index (χ4n) is 5.98. The molecule has 6 heteroatoms. The third-order valence-electron chi connectivity index (χ3n) is 8.68. The average molecular weight is 607 g/mol. The highest BCUT2D eigenvalue weighted by Crippen LogP contribution is 2.23. The van der Waals surface area contributed by atoms with Crippen LogP contribution in [0.5, 0.6) is 0 Å². The zero-order valence-corrected chi connectivity index (χ0v) is 28.7. The highest BCUT2D eigenvalue weighted by Gasteiger charge is 2.23. The predicted octanol–water partition coefficient (Wildman–Crippen LogP) is 7.02. The van der Waals surface area contributed by atoms with E-state index >= 15 is 0 Å². The van der Waals surface area contributed by atoms with Gasteiger partial charge in [0.1, 0.15) is 0 Å². The molecule has 6 nitrogen and oxygen atoms in total. The zero-order valence-electron chi connectivity index (χ0n) is 28.7. The summed E-state index contributed by atoms with van der Waals surface area (Å²) in [6.07, 6.45) is 8.95. The van der Waals surface area contributed by atoms with Crippen molar-refractivity contribution < 1.29 is 0 Å². The van der Waals surface area contributed by atoms with Gasteiger partial charge in [-0.1, -0.05) is 56.3 Å². The fraction of sp³-hybridized carbons (Fsp3) is 0.436. The lowest BCUT2D eigenvalue weighted by molar-refractivity contribution is 0.148. The molecular weight excluding hydrogens is 552 g/mol. The van der Waals surface area contributed by atoms with Crippen LogP contribution in [-0.4, -0.2) is 96.0 Å². The Morgan fingerprint density at radius 2 is 1.24 bits per heavy atom. The lowest BCUT2D eigenvalue weighted by atomic mass is 10.0. The molecule has 0 aliphatic carbocycles. The minimum atomic E-state index is 0.706. The molecule has 0 saturated carbocycles. The van der Waals surface area contributed by atoms with Crippen molar-refractivity contribution in [1.82, 2.24) is 29.6 Å². The van der Waals surface area contributed by atoms with Gasteiger partial charge < -0.3 is 9.80 Å². The lowest BCUT2D eigenvalue weighted by Crippen LogP contribution is -2.43. The molecule has 0 radical (unpaired) electrons. The number of hydrogen-bond donors (Lipinski definition) is 0. The Hall–Kier alpha value is -3.42. The summed E-state index contributed by atoms with van der Waals surface area (Å²) in [6.45, 7) is 17.3. The number of likely N-dealkylation sites (tertiary alicyclic amines) is 1. The van der Waals surface area contributed by atoms with Crippen molar-refractivity contribution in [2.24, 2.45) is 0 Å². The minimum Gasteiger partial charge on any atom is -0.305 e. The number of nitrogens with zero attached hydrogens (tertiary/aromatic N) is 6. The normalized spacial score (nSPS) is 17.4. The summed E-state index contributed by atoms with van der Waals surface area (Å²) >= 11 is 0. The van der Waals surface area contributed by atoms with Gasteiger partial charge in [-0.2, -0.15) is 0 Å². The van der Waals surface area contributed by atoms with E-state index in [9.17, 15) is 0 Å². The van der Waals surface area contributed by atoms with Crippen LogP contribution in [0.1, 0.15) is 42.5 Å². The first kappa shape index (κ1) is 34.5. The second-order valence-corrected chi connectivity index (χ2v) is 12.6. The average Bonchev–Trinajstić information content (AvgIpc) is 3.53. The highest BCUT2D eigenvalue weighted by atomic mass is 15.2. The first-order valence-electron chi connectivity index (χ1n) is 16.6. The second kappa shape index (κ2) is 17.3. The van der Waals surface area contributed by atoms with Gasteiger partial charge in [0.25, 0.3) is 0 Å². The summed E-state index contributed by atoms with van der Waals surface area (Å²) in [5, 5.41) is 0. The van der Waals surface area contributed by atoms with Crippen LogP contribution in [0.2, 0.25) is 0 Å². The largest absolute Gasteiger partial charge is 0.305 e. The van der Waals surface area contributed by atoms with Crippen LogP contribution in [0, 0.1) is 13.8 Å². The van der Waals surface area contributed by atoms with Crippen molar-refractivity contribution in [2.75, 3.05) is 60.4 Å². The van der Waals surface area contributed by atoms with Gasteiger partial charge in [0.05, 0.1) is 0 Å². The maximum absolute atomic E-state index is 4.30. The van der Waals surface area contributed by atoms with E-state index in [0.29, 0.717) is 6.04 Å². The molecule has 2 aliphatic heterocycles. The Morgan fingerprint density at radius 1 is 0.644 bits per heavy atom. The SMILES string of the molecule is CC.Cc1cncc(-c2ccc(CN3CCC(N(C)C)C3)cc2)c1.Cc1cncc(-c2cccc(CN3CCN(C)CC3)c2)c1. The third-order valence-corrected chi connectivity index (χ3v) is 8.68. The summed E-state index contributed by atoms with van der Waals surface area (Å²) in [6, 6.07) is 22.9. The molecule has 2 fully saturated rings. The van der Waals surface area contributed by atoms with Gasteiger partial charge in [-0.15, -0.1) is 0 Å². The minimum absolute atomic E-state index is 0.706. The van der Waals surface area contributed by atoms with Gasteiger partial charge in [-0.3, -0.25) is 19.8 Å². The van der Waals surface area contributed by atoms with Crippen molar-refractivity contribution in [1.29, 1.82) is 0 Å². The van der Waals surface area contributed by atoms with Gasteiger partial charge in [0, 0.05) is 94.3 Å². The highest BCUT2D eigenvalue weighted by molar-refractivity contribution is 5.64. The molecule has 0 amide bonds. The number of piperazine rings is 1. The van der Waals surface area contributed by atoms with Crippen LogP contribution < -0.4 is 0 Å². The molecule has 4 aromatic rings. The molecule has 1 atom stereocenters.